The highest BCUT2D eigenvalue weighted by atomic mass is 16.7. The van der Waals surface area contributed by atoms with Gasteiger partial charge >= 0.3 is 7.12 Å². The third-order valence-corrected chi connectivity index (χ3v) is 6.07. The minimum atomic E-state index is -0.346. The van der Waals surface area contributed by atoms with E-state index in [2.05, 4.69) is 87.0 Å². The molecular formula is C23H23BN2O2. The van der Waals surface area contributed by atoms with Gasteiger partial charge in [-0.15, -0.1) is 0 Å². The van der Waals surface area contributed by atoms with Gasteiger partial charge < -0.3 is 13.9 Å². The molecule has 1 saturated heterocycles. The summed E-state index contributed by atoms with van der Waals surface area (Å²) < 4.78 is 14.5. The minimum Gasteiger partial charge on any atom is -0.399 e. The lowest BCUT2D eigenvalue weighted by molar-refractivity contribution is 0.00578. The van der Waals surface area contributed by atoms with Crippen molar-refractivity contribution in [2.45, 2.75) is 38.9 Å². The molecule has 5 heteroatoms. The third kappa shape index (κ3) is 2.58. The van der Waals surface area contributed by atoms with Crippen LogP contribution in [0, 0.1) is 0 Å². The van der Waals surface area contributed by atoms with Gasteiger partial charge in [0.05, 0.1) is 28.1 Å². The summed E-state index contributed by atoms with van der Waals surface area (Å²) in [5, 5.41) is 1.16. The van der Waals surface area contributed by atoms with E-state index in [4.69, 9.17) is 14.3 Å². The van der Waals surface area contributed by atoms with E-state index in [0.29, 0.717) is 0 Å². The number of pyridine rings is 1. The lowest BCUT2D eigenvalue weighted by Gasteiger charge is -2.32. The van der Waals surface area contributed by atoms with Crippen LogP contribution < -0.4 is 5.46 Å². The smallest absolute Gasteiger partial charge is 0.399 e. The van der Waals surface area contributed by atoms with Gasteiger partial charge in [0, 0.05) is 17.3 Å². The van der Waals surface area contributed by atoms with Crippen LogP contribution in [0.5, 0.6) is 0 Å². The van der Waals surface area contributed by atoms with E-state index in [-0.39, 0.29) is 18.3 Å². The number of hydrogen-bond donors (Lipinski definition) is 0. The number of hydrogen-bond acceptors (Lipinski definition) is 3. The van der Waals surface area contributed by atoms with Crippen LogP contribution in [0.3, 0.4) is 0 Å². The molecule has 0 atom stereocenters. The molecule has 0 radical (unpaired) electrons. The molecule has 140 valence electrons. The predicted octanol–water partition coefficient (Wildman–Crippen LogP) is 4.43. The Morgan fingerprint density at radius 3 is 2.21 bits per heavy atom. The van der Waals surface area contributed by atoms with Crippen molar-refractivity contribution in [3.63, 3.8) is 0 Å². The van der Waals surface area contributed by atoms with Gasteiger partial charge in [-0.25, -0.2) is 4.98 Å². The molecule has 0 aromatic heterocycles. The highest BCUT2D eigenvalue weighted by Crippen LogP contribution is 2.37. The Morgan fingerprint density at radius 2 is 1.50 bits per heavy atom. The number of rotatable bonds is 2. The number of fused-ring (bicyclic) bond motifs is 3. The van der Waals surface area contributed by atoms with Gasteiger partial charge in [0.25, 0.3) is 0 Å². The second-order valence-electron chi connectivity index (χ2n) is 8.42. The van der Waals surface area contributed by atoms with Crippen LogP contribution >= 0.6 is 0 Å². The van der Waals surface area contributed by atoms with Crippen molar-refractivity contribution in [1.82, 2.24) is 9.55 Å². The molecule has 1 fully saturated rings. The Hall–Kier alpha value is -2.63. The molecule has 3 aliphatic heterocycles. The molecule has 2 aromatic carbocycles. The highest BCUT2D eigenvalue weighted by molar-refractivity contribution is 6.62. The Kier molecular flexibility index (Phi) is 3.70. The zero-order chi connectivity index (χ0) is 19.5. The van der Waals surface area contributed by atoms with Crippen LogP contribution in [0.15, 0.2) is 66.9 Å². The van der Waals surface area contributed by atoms with Crippen LogP contribution in [0.1, 0.15) is 27.7 Å². The number of aromatic nitrogens is 2. The first-order valence-electron chi connectivity index (χ1n) is 9.68. The normalized spacial score (nSPS) is 18.2. The molecule has 28 heavy (non-hydrogen) atoms. The Morgan fingerprint density at radius 1 is 0.821 bits per heavy atom. The van der Waals surface area contributed by atoms with Crippen molar-refractivity contribution in [2.24, 2.45) is 0 Å². The summed E-state index contributed by atoms with van der Waals surface area (Å²) in [6.45, 7) is 8.30. The second kappa shape index (κ2) is 5.93. The summed E-state index contributed by atoms with van der Waals surface area (Å²) in [6, 6.07) is 20.8. The Balaban J connectivity index is 1.54. The van der Waals surface area contributed by atoms with Crippen LogP contribution in [0.4, 0.5) is 0 Å². The lowest BCUT2D eigenvalue weighted by atomic mass is 9.79. The van der Waals surface area contributed by atoms with Crippen LogP contribution in [-0.4, -0.2) is 27.9 Å². The van der Waals surface area contributed by atoms with E-state index in [1.807, 2.05) is 12.1 Å². The van der Waals surface area contributed by atoms with Gasteiger partial charge in [-0.1, -0.05) is 30.3 Å². The molecule has 2 aromatic rings. The van der Waals surface area contributed by atoms with Crippen molar-refractivity contribution in [1.29, 1.82) is 0 Å². The molecule has 3 heterocycles. The molecule has 0 spiro atoms. The van der Waals surface area contributed by atoms with Crippen molar-refractivity contribution in [3.8, 4) is 17.1 Å². The summed E-state index contributed by atoms with van der Waals surface area (Å²) in [7, 11) is -0.346. The van der Waals surface area contributed by atoms with Crippen molar-refractivity contribution in [3.05, 3.63) is 66.9 Å². The SMILES string of the molecule is CC1(C)OB(c2ccc(-n3cccc4nc5ccccc5c3-4)cc2)OC1(C)C. The van der Waals surface area contributed by atoms with E-state index < -0.39 is 0 Å². The molecule has 4 nitrogen and oxygen atoms in total. The van der Waals surface area contributed by atoms with E-state index in [9.17, 15) is 0 Å². The minimum absolute atomic E-state index is 0.337. The third-order valence-electron chi connectivity index (χ3n) is 6.07. The molecular weight excluding hydrogens is 347 g/mol. The quantitative estimate of drug-likeness (QED) is 0.490. The first-order chi connectivity index (χ1) is 13.4. The average Bonchev–Trinajstić information content (AvgIpc) is 3.15. The fourth-order valence-corrected chi connectivity index (χ4v) is 3.74. The van der Waals surface area contributed by atoms with E-state index in [0.717, 1.165) is 33.4 Å². The molecule has 0 unspecified atom stereocenters. The van der Waals surface area contributed by atoms with Crippen molar-refractivity contribution < 1.29 is 9.31 Å². The van der Waals surface area contributed by atoms with Gasteiger partial charge in [-0.05, 0) is 63.5 Å². The molecule has 0 aliphatic carbocycles. The van der Waals surface area contributed by atoms with Crippen LogP contribution in [0.2, 0.25) is 0 Å². The van der Waals surface area contributed by atoms with E-state index in [1.165, 1.54) is 0 Å². The summed E-state index contributed by atoms with van der Waals surface area (Å²) >= 11 is 0. The predicted molar refractivity (Wildman–Crippen MR) is 113 cm³/mol. The number of para-hydroxylation sites is 1. The van der Waals surface area contributed by atoms with Gasteiger partial charge in [-0.3, -0.25) is 0 Å². The lowest BCUT2D eigenvalue weighted by Crippen LogP contribution is -2.41. The van der Waals surface area contributed by atoms with Gasteiger partial charge in [0.1, 0.15) is 0 Å². The fourth-order valence-electron chi connectivity index (χ4n) is 3.74. The van der Waals surface area contributed by atoms with Gasteiger partial charge in [0.15, 0.2) is 0 Å². The summed E-state index contributed by atoms with van der Waals surface area (Å²) in [5.74, 6) is 0. The molecule has 0 saturated carbocycles. The largest absolute Gasteiger partial charge is 0.494 e. The molecule has 0 N–H and O–H groups in total. The Bertz CT molecular complexity index is 1120. The van der Waals surface area contributed by atoms with E-state index >= 15 is 0 Å². The Labute approximate surface area is 165 Å². The first kappa shape index (κ1) is 17.5. The summed E-state index contributed by atoms with van der Waals surface area (Å²) in [6.07, 6.45) is 2.08. The van der Waals surface area contributed by atoms with Gasteiger partial charge in [-0.2, -0.15) is 0 Å². The zero-order valence-electron chi connectivity index (χ0n) is 16.6. The number of nitrogens with zero attached hydrogens (tertiary/aromatic N) is 2. The van der Waals surface area contributed by atoms with Crippen LogP contribution in [0.25, 0.3) is 28.0 Å². The topological polar surface area (TPSA) is 36.3 Å². The fraction of sp³-hybridized carbons (Fsp3) is 0.261. The monoisotopic (exact) mass is 370 g/mol. The second-order valence-corrected chi connectivity index (χ2v) is 8.42. The maximum Gasteiger partial charge on any atom is 0.494 e. The van der Waals surface area contributed by atoms with E-state index in [1.54, 1.807) is 0 Å². The van der Waals surface area contributed by atoms with Crippen molar-refractivity contribution in [2.75, 3.05) is 0 Å². The van der Waals surface area contributed by atoms with Gasteiger partial charge in [0.2, 0.25) is 0 Å². The zero-order valence-corrected chi connectivity index (χ0v) is 16.6. The first-order valence-corrected chi connectivity index (χ1v) is 9.68. The number of benzene rings is 2. The molecule has 5 rings (SSSR count). The average molecular weight is 370 g/mol. The molecule has 3 aliphatic rings. The standard InChI is InChI=1S/C23H23BN2O2/c1-22(2)23(3,4)28-24(27-22)16-11-13-17(14-12-16)26-15-7-10-20-21(26)18-8-5-6-9-19(18)25-20/h5-15H,1-4H3. The maximum atomic E-state index is 6.17. The summed E-state index contributed by atoms with van der Waals surface area (Å²) in [5.41, 5.74) is 4.59. The van der Waals surface area contributed by atoms with Crippen molar-refractivity contribution >= 4 is 23.5 Å². The maximum absolute atomic E-state index is 6.17. The molecule has 0 amide bonds. The molecule has 0 bridgehead atoms. The highest BCUT2D eigenvalue weighted by Gasteiger charge is 2.51. The summed E-state index contributed by atoms with van der Waals surface area (Å²) in [4.78, 5) is 4.75. The van der Waals surface area contributed by atoms with Crippen LogP contribution in [-0.2, 0) is 9.31 Å².